The van der Waals surface area contributed by atoms with E-state index >= 15 is 0 Å². The number of hydrogen-bond donors (Lipinski definition) is 2. The van der Waals surface area contributed by atoms with Crippen molar-refractivity contribution in [1.29, 1.82) is 0 Å². The van der Waals surface area contributed by atoms with Gasteiger partial charge < -0.3 is 10.2 Å². The molecule has 3 N–H and O–H groups in total. The highest BCUT2D eigenvalue weighted by Gasteiger charge is 2.26. The molecular weight excluding hydrogens is 442 g/mol. The Morgan fingerprint density at radius 3 is 2.73 bits per heavy atom. The minimum atomic E-state index is -3.76. The van der Waals surface area contributed by atoms with Gasteiger partial charge in [-0.25, -0.2) is 13.6 Å². The average molecular weight is 462 g/mol. The van der Waals surface area contributed by atoms with Crippen LogP contribution in [0.15, 0.2) is 51.7 Å². The molecule has 1 amide bonds. The Morgan fingerprint density at radius 2 is 2.00 bits per heavy atom. The Kier molecular flexibility index (Phi) is 5.78. The molecule has 30 heavy (non-hydrogen) atoms. The molecule has 8 nitrogen and oxygen atoms in total. The molecule has 0 unspecified atom stereocenters. The van der Waals surface area contributed by atoms with E-state index in [4.69, 9.17) is 5.14 Å². The smallest absolute Gasteiger partial charge is 0.238 e. The topological polar surface area (TPSA) is 118 Å². The van der Waals surface area contributed by atoms with Crippen molar-refractivity contribution in [3.63, 3.8) is 0 Å². The number of carbonyl (C=O) groups excluding carboxylic acids is 1. The van der Waals surface area contributed by atoms with Crippen molar-refractivity contribution in [2.75, 3.05) is 22.5 Å². The number of rotatable bonds is 6. The van der Waals surface area contributed by atoms with Gasteiger partial charge in [0.1, 0.15) is 0 Å². The normalized spacial score (nSPS) is 13.3. The first-order chi connectivity index (χ1) is 14.3. The van der Waals surface area contributed by atoms with Crippen molar-refractivity contribution in [3.8, 4) is 0 Å². The monoisotopic (exact) mass is 461 g/mol. The summed E-state index contributed by atoms with van der Waals surface area (Å²) in [5.41, 5.74) is 3.64. The molecule has 11 heteroatoms. The number of primary sulfonamides is 1. The zero-order valence-electron chi connectivity index (χ0n) is 16.0. The first-order valence-electron chi connectivity index (χ1n) is 9.06. The van der Waals surface area contributed by atoms with Crippen LogP contribution in [0.3, 0.4) is 0 Å². The van der Waals surface area contributed by atoms with E-state index in [0.29, 0.717) is 22.4 Å². The van der Waals surface area contributed by atoms with E-state index in [-0.39, 0.29) is 16.6 Å². The molecule has 4 rings (SSSR count). The fraction of sp³-hybridized carbons (Fsp3) is 0.211. The molecule has 2 aromatic carbocycles. The maximum atomic E-state index is 12.7. The number of benzene rings is 2. The molecule has 156 valence electrons. The Hall–Kier alpha value is -2.47. The van der Waals surface area contributed by atoms with Gasteiger partial charge in [-0.2, -0.15) is 0 Å². The first-order valence-corrected chi connectivity index (χ1v) is 12.4. The lowest BCUT2D eigenvalue weighted by Crippen LogP contribution is -2.30. The number of thioether (sulfide) groups is 1. The third kappa shape index (κ3) is 4.64. The van der Waals surface area contributed by atoms with E-state index in [0.717, 1.165) is 16.9 Å². The van der Waals surface area contributed by atoms with Crippen LogP contribution in [-0.2, 0) is 21.2 Å². The number of amides is 1. The van der Waals surface area contributed by atoms with Gasteiger partial charge in [-0.3, -0.25) is 4.79 Å². The van der Waals surface area contributed by atoms with Crippen molar-refractivity contribution in [2.24, 2.45) is 5.14 Å². The quantitative estimate of drug-likeness (QED) is 0.542. The highest BCUT2D eigenvalue weighted by Crippen LogP contribution is 2.32. The minimum absolute atomic E-state index is 0.0624. The fourth-order valence-corrected chi connectivity index (χ4v) is 5.31. The van der Waals surface area contributed by atoms with Crippen LogP contribution in [0, 0.1) is 6.92 Å². The first kappa shape index (κ1) is 20.8. The number of sulfonamides is 1. The molecule has 0 aliphatic carbocycles. The van der Waals surface area contributed by atoms with E-state index in [2.05, 4.69) is 15.5 Å². The largest absolute Gasteiger partial charge is 0.330 e. The summed E-state index contributed by atoms with van der Waals surface area (Å²) in [5, 5.41) is 17.3. The number of nitrogens with zero attached hydrogens (tertiary/aromatic N) is 3. The van der Waals surface area contributed by atoms with Gasteiger partial charge in [0.2, 0.25) is 21.1 Å². The summed E-state index contributed by atoms with van der Waals surface area (Å²) in [4.78, 5) is 14.4. The van der Waals surface area contributed by atoms with E-state index in [1.54, 1.807) is 17.0 Å². The SMILES string of the molecule is Cc1ccc(Nc2nnc(SCC(=O)N3CCc4cc(S(N)(=O)=O)ccc43)s2)cc1. The maximum Gasteiger partial charge on any atom is 0.238 e. The van der Waals surface area contributed by atoms with E-state index in [1.165, 1.54) is 34.7 Å². The third-order valence-corrected chi connectivity index (χ3v) is 7.47. The molecule has 0 fully saturated rings. The van der Waals surface area contributed by atoms with Gasteiger partial charge >= 0.3 is 0 Å². The number of hydrogen-bond acceptors (Lipinski definition) is 8. The zero-order valence-corrected chi connectivity index (χ0v) is 18.5. The lowest BCUT2D eigenvalue weighted by atomic mass is 10.2. The van der Waals surface area contributed by atoms with Gasteiger partial charge in [-0.05, 0) is 49.2 Å². The Balaban J connectivity index is 1.37. The van der Waals surface area contributed by atoms with E-state index in [1.807, 2.05) is 31.2 Å². The summed E-state index contributed by atoms with van der Waals surface area (Å²) in [6, 6.07) is 12.6. The van der Waals surface area contributed by atoms with Gasteiger partial charge in [0.15, 0.2) is 4.34 Å². The zero-order chi connectivity index (χ0) is 21.3. The van der Waals surface area contributed by atoms with Gasteiger partial charge in [-0.15, -0.1) is 10.2 Å². The van der Waals surface area contributed by atoms with Gasteiger partial charge in [0.05, 0.1) is 10.6 Å². The third-order valence-electron chi connectivity index (χ3n) is 4.60. The molecule has 2 heterocycles. The van der Waals surface area contributed by atoms with E-state index in [9.17, 15) is 13.2 Å². The Bertz CT molecular complexity index is 1190. The van der Waals surface area contributed by atoms with Crippen LogP contribution < -0.4 is 15.4 Å². The number of nitrogens with one attached hydrogen (secondary N) is 1. The summed E-state index contributed by atoms with van der Waals surface area (Å²) < 4.78 is 23.7. The predicted molar refractivity (Wildman–Crippen MR) is 119 cm³/mol. The lowest BCUT2D eigenvalue weighted by molar-refractivity contribution is -0.116. The standard InChI is InChI=1S/C19H19N5O3S3/c1-12-2-4-14(5-3-12)21-18-22-23-19(29-18)28-11-17(25)24-9-8-13-10-15(30(20,26)27)6-7-16(13)24/h2-7,10H,8-9,11H2,1H3,(H,21,22)(H2,20,26,27). The fourth-order valence-electron chi connectivity index (χ4n) is 3.09. The highest BCUT2D eigenvalue weighted by molar-refractivity contribution is 8.01. The summed E-state index contributed by atoms with van der Waals surface area (Å²) in [6.45, 7) is 2.54. The van der Waals surface area contributed by atoms with Crippen LogP contribution in [0.4, 0.5) is 16.5 Å². The van der Waals surface area contributed by atoms with Crippen LogP contribution in [0.5, 0.6) is 0 Å². The molecule has 0 spiro atoms. The predicted octanol–water partition coefficient (Wildman–Crippen LogP) is 2.92. The number of anilines is 3. The second-order valence-electron chi connectivity index (χ2n) is 6.78. The van der Waals surface area contributed by atoms with Crippen molar-refractivity contribution in [2.45, 2.75) is 22.6 Å². The molecule has 0 saturated carbocycles. The molecule has 1 aliphatic rings. The van der Waals surface area contributed by atoms with E-state index < -0.39 is 10.0 Å². The number of nitrogens with two attached hydrogens (primary N) is 1. The molecule has 0 saturated heterocycles. The highest BCUT2D eigenvalue weighted by atomic mass is 32.2. The average Bonchev–Trinajstić information content (AvgIpc) is 3.33. The van der Waals surface area contributed by atoms with Gasteiger partial charge in [-0.1, -0.05) is 40.8 Å². The van der Waals surface area contributed by atoms with Crippen LogP contribution in [0.2, 0.25) is 0 Å². The number of carbonyl (C=O) groups is 1. The van der Waals surface area contributed by atoms with Crippen LogP contribution >= 0.6 is 23.1 Å². The summed E-state index contributed by atoms with van der Waals surface area (Å²) in [5.74, 6) is 0.153. The second kappa shape index (κ2) is 8.34. The number of aryl methyl sites for hydroxylation is 1. The van der Waals surface area contributed by atoms with Crippen LogP contribution in [0.25, 0.3) is 0 Å². The molecule has 1 aliphatic heterocycles. The lowest BCUT2D eigenvalue weighted by Gasteiger charge is -2.16. The number of aromatic nitrogens is 2. The van der Waals surface area contributed by atoms with Crippen molar-refractivity contribution < 1.29 is 13.2 Å². The summed E-state index contributed by atoms with van der Waals surface area (Å²) >= 11 is 2.71. The molecular formula is C19H19N5O3S3. The van der Waals surface area contributed by atoms with Crippen molar-refractivity contribution in [3.05, 3.63) is 53.6 Å². The molecule has 3 aromatic rings. The number of fused-ring (bicyclic) bond motifs is 1. The molecule has 1 aromatic heterocycles. The van der Waals surface area contributed by atoms with Gasteiger partial charge in [0, 0.05) is 17.9 Å². The molecule has 0 bridgehead atoms. The minimum Gasteiger partial charge on any atom is -0.330 e. The Labute approximate surface area is 182 Å². The Morgan fingerprint density at radius 1 is 1.23 bits per heavy atom. The maximum absolute atomic E-state index is 12.7. The van der Waals surface area contributed by atoms with Gasteiger partial charge in [0.25, 0.3) is 0 Å². The van der Waals surface area contributed by atoms with Crippen LogP contribution in [-0.4, -0.2) is 36.8 Å². The summed E-state index contributed by atoms with van der Waals surface area (Å²) in [6.07, 6.45) is 0.596. The second-order valence-corrected chi connectivity index (χ2v) is 10.5. The summed E-state index contributed by atoms with van der Waals surface area (Å²) in [7, 11) is -3.76. The molecule has 0 atom stereocenters. The van der Waals surface area contributed by atoms with Crippen molar-refractivity contribution in [1.82, 2.24) is 10.2 Å². The van der Waals surface area contributed by atoms with Crippen LogP contribution in [0.1, 0.15) is 11.1 Å². The molecule has 0 radical (unpaired) electrons. The van der Waals surface area contributed by atoms with Crippen molar-refractivity contribution >= 4 is 55.5 Å².